The van der Waals surface area contributed by atoms with Crippen LogP contribution in [0.15, 0.2) is 29.2 Å². The molecule has 1 aromatic rings. The molecule has 198 valence electrons. The Morgan fingerprint density at radius 2 is 1.83 bits per heavy atom. The van der Waals surface area contributed by atoms with E-state index in [1.54, 1.807) is 6.92 Å². The third-order valence-corrected chi connectivity index (χ3v) is 7.18. The summed E-state index contributed by atoms with van der Waals surface area (Å²) >= 11 is 0. The molecule has 3 amide bonds. The highest BCUT2D eigenvalue weighted by atomic mass is 32.2. The topological polar surface area (TPSA) is 149 Å². The fourth-order valence-electron chi connectivity index (χ4n) is 4.00. The van der Waals surface area contributed by atoms with E-state index < -0.39 is 51.0 Å². The minimum atomic E-state index is -4.57. The zero-order valence-electron chi connectivity index (χ0n) is 20.3. The summed E-state index contributed by atoms with van der Waals surface area (Å²) in [6.07, 6.45) is 3.20. The number of carbonyl (C=O) groups is 4. The first kappa shape index (κ1) is 27.4. The molecule has 2 atom stereocenters. The number of amides is 3. The Hall–Kier alpha value is -3.19. The van der Waals surface area contributed by atoms with E-state index in [4.69, 9.17) is 13.8 Å². The van der Waals surface area contributed by atoms with Gasteiger partial charge in [0.15, 0.2) is 6.73 Å². The van der Waals surface area contributed by atoms with Crippen molar-refractivity contribution in [3.8, 4) is 0 Å². The lowest BCUT2D eigenvalue weighted by Gasteiger charge is -2.29. The van der Waals surface area contributed by atoms with Crippen LogP contribution < -0.4 is 5.32 Å². The molecular formula is C23H31N3O9S. The number of urea groups is 1. The number of ether oxygens (including phenoxy) is 2. The molecule has 2 fully saturated rings. The minimum absolute atomic E-state index is 0.0856. The summed E-state index contributed by atoms with van der Waals surface area (Å²) in [4.78, 5) is 50.1. The van der Waals surface area contributed by atoms with E-state index in [1.807, 2.05) is 6.92 Å². The first-order valence-electron chi connectivity index (χ1n) is 11.9. The fourth-order valence-corrected chi connectivity index (χ4v) is 5.15. The lowest BCUT2D eigenvalue weighted by molar-refractivity contribution is -0.145. The van der Waals surface area contributed by atoms with Gasteiger partial charge in [0.2, 0.25) is 5.91 Å². The smallest absolute Gasteiger partial charge is 0.346 e. The molecule has 0 unspecified atom stereocenters. The average molecular weight is 526 g/mol. The molecule has 12 nitrogen and oxygen atoms in total. The summed E-state index contributed by atoms with van der Waals surface area (Å²) < 4.78 is 41.4. The number of unbranched alkanes of at least 4 members (excludes halogenated alkanes) is 2. The Kier molecular flexibility index (Phi) is 9.26. The van der Waals surface area contributed by atoms with Crippen molar-refractivity contribution in [2.24, 2.45) is 0 Å². The third-order valence-electron chi connectivity index (χ3n) is 5.93. The second kappa shape index (κ2) is 12.2. The third kappa shape index (κ3) is 6.32. The van der Waals surface area contributed by atoms with Crippen LogP contribution >= 0.6 is 0 Å². The number of esters is 2. The zero-order valence-corrected chi connectivity index (χ0v) is 21.1. The van der Waals surface area contributed by atoms with Gasteiger partial charge in [-0.2, -0.15) is 13.5 Å². The summed E-state index contributed by atoms with van der Waals surface area (Å²) in [5.74, 6) is -1.80. The molecule has 0 aromatic heterocycles. The Morgan fingerprint density at radius 3 is 2.56 bits per heavy atom. The average Bonchev–Trinajstić information content (AvgIpc) is 3.10. The maximum Gasteiger partial charge on any atom is 0.346 e. The Bertz CT molecular complexity index is 1090. The van der Waals surface area contributed by atoms with Crippen LogP contribution in [0.5, 0.6) is 0 Å². The van der Waals surface area contributed by atoms with E-state index in [1.165, 1.54) is 29.2 Å². The van der Waals surface area contributed by atoms with Crippen molar-refractivity contribution in [3.63, 3.8) is 0 Å². The predicted octanol–water partition coefficient (Wildman–Crippen LogP) is 1.95. The highest BCUT2D eigenvalue weighted by Crippen LogP contribution is 2.32. The van der Waals surface area contributed by atoms with Gasteiger partial charge in [0.05, 0.1) is 18.2 Å². The lowest BCUT2D eigenvalue weighted by Crippen LogP contribution is -2.50. The van der Waals surface area contributed by atoms with Gasteiger partial charge in [0.1, 0.15) is 10.9 Å². The SMILES string of the molecule is CCCCCOC(=O)c1ccccc1S(=O)(=O)ON1C(=O)N2C[C@H]1CC[C@H]2C(=O)NCOC(=O)CC. The van der Waals surface area contributed by atoms with Crippen molar-refractivity contribution >= 4 is 34.0 Å². The van der Waals surface area contributed by atoms with Gasteiger partial charge in [-0.1, -0.05) is 38.8 Å². The molecule has 13 heteroatoms. The fraction of sp³-hybridized carbons (Fsp3) is 0.565. The van der Waals surface area contributed by atoms with Gasteiger partial charge < -0.3 is 19.7 Å². The number of rotatable bonds is 12. The molecule has 2 aliphatic heterocycles. The quantitative estimate of drug-likeness (QED) is 0.245. The summed E-state index contributed by atoms with van der Waals surface area (Å²) in [7, 11) is -4.57. The van der Waals surface area contributed by atoms with Crippen LogP contribution in [0, 0.1) is 0 Å². The molecule has 2 heterocycles. The first-order valence-corrected chi connectivity index (χ1v) is 13.3. The van der Waals surface area contributed by atoms with E-state index in [0.717, 1.165) is 17.9 Å². The molecule has 3 rings (SSSR count). The standard InChI is InChI=1S/C23H31N3O9S/c1-3-5-8-13-33-22(29)17-9-6-7-10-19(17)36(31,32)35-26-16-11-12-18(25(14-16)23(26)30)21(28)24-15-34-20(27)4-2/h6-7,9-10,16,18H,3-5,8,11-15H2,1-2H3,(H,24,28)/t16-,18+/m1/s1. The van der Waals surface area contributed by atoms with Crippen LogP contribution in [0.1, 0.15) is 62.7 Å². The first-order chi connectivity index (χ1) is 17.2. The molecule has 36 heavy (non-hydrogen) atoms. The molecule has 0 saturated carbocycles. The van der Waals surface area contributed by atoms with E-state index in [9.17, 15) is 27.6 Å². The number of piperidine rings is 1. The molecule has 2 saturated heterocycles. The maximum atomic E-state index is 13.1. The van der Waals surface area contributed by atoms with Crippen molar-refractivity contribution < 1.29 is 41.4 Å². The van der Waals surface area contributed by atoms with E-state index in [0.29, 0.717) is 12.8 Å². The maximum absolute atomic E-state index is 13.1. The van der Waals surface area contributed by atoms with Crippen molar-refractivity contribution in [1.82, 2.24) is 15.3 Å². The summed E-state index contributed by atoms with van der Waals surface area (Å²) in [5.41, 5.74) is -0.192. The zero-order chi connectivity index (χ0) is 26.3. The number of hydroxylamine groups is 2. The van der Waals surface area contributed by atoms with Gasteiger partial charge in [0.25, 0.3) is 0 Å². The molecule has 0 radical (unpaired) electrons. The van der Waals surface area contributed by atoms with Gasteiger partial charge in [0, 0.05) is 13.0 Å². The second-order valence-corrected chi connectivity index (χ2v) is 9.93. The minimum Gasteiger partial charge on any atom is -0.462 e. The molecule has 2 bridgehead atoms. The molecule has 0 aliphatic carbocycles. The normalized spacial score (nSPS) is 19.2. The van der Waals surface area contributed by atoms with Gasteiger partial charge in [-0.15, -0.1) is 4.28 Å². The molecular weight excluding hydrogens is 494 g/mol. The van der Waals surface area contributed by atoms with Gasteiger partial charge in [-0.3, -0.25) is 9.59 Å². The van der Waals surface area contributed by atoms with E-state index in [2.05, 4.69) is 5.32 Å². The van der Waals surface area contributed by atoms with Crippen molar-refractivity contribution in [2.45, 2.75) is 69.4 Å². The monoisotopic (exact) mass is 525 g/mol. The summed E-state index contributed by atoms with van der Waals surface area (Å²) in [6.45, 7) is 3.54. The van der Waals surface area contributed by atoms with E-state index in [-0.39, 0.29) is 38.3 Å². The highest BCUT2D eigenvalue weighted by molar-refractivity contribution is 7.86. The number of hydrogen-bond acceptors (Lipinski definition) is 9. The molecule has 1 N–H and O–H groups in total. The van der Waals surface area contributed by atoms with Crippen molar-refractivity contribution in [2.75, 3.05) is 19.9 Å². The number of fused-ring (bicyclic) bond motifs is 2. The van der Waals surface area contributed by atoms with Crippen LogP contribution in [-0.2, 0) is 33.5 Å². The van der Waals surface area contributed by atoms with Gasteiger partial charge in [-0.05, 0) is 31.4 Å². The van der Waals surface area contributed by atoms with Crippen LogP contribution in [0.2, 0.25) is 0 Å². The Morgan fingerprint density at radius 1 is 1.08 bits per heavy atom. The van der Waals surface area contributed by atoms with Gasteiger partial charge >= 0.3 is 28.1 Å². The number of nitrogens with zero attached hydrogens (tertiary/aromatic N) is 2. The second-order valence-electron chi connectivity index (χ2n) is 8.43. The number of benzene rings is 1. The lowest BCUT2D eigenvalue weighted by atomic mass is 10.0. The largest absolute Gasteiger partial charge is 0.462 e. The van der Waals surface area contributed by atoms with Crippen molar-refractivity contribution in [1.29, 1.82) is 0 Å². The highest BCUT2D eigenvalue weighted by Gasteiger charge is 2.49. The van der Waals surface area contributed by atoms with Crippen LogP contribution in [0.3, 0.4) is 0 Å². The number of hydrogen-bond donors (Lipinski definition) is 1. The van der Waals surface area contributed by atoms with Crippen LogP contribution in [-0.4, -0.2) is 74.2 Å². The summed E-state index contributed by atoms with van der Waals surface area (Å²) in [5, 5.41) is 3.19. The van der Waals surface area contributed by atoms with Crippen LogP contribution in [0.25, 0.3) is 0 Å². The van der Waals surface area contributed by atoms with Crippen LogP contribution in [0.4, 0.5) is 4.79 Å². The van der Waals surface area contributed by atoms with Crippen molar-refractivity contribution in [3.05, 3.63) is 29.8 Å². The Balaban J connectivity index is 1.68. The Labute approximate surface area is 209 Å². The number of carbonyl (C=O) groups excluding carboxylic acids is 4. The molecule has 1 aromatic carbocycles. The number of nitrogens with one attached hydrogen (secondary N) is 1. The molecule has 0 spiro atoms. The van der Waals surface area contributed by atoms with E-state index >= 15 is 0 Å². The molecule has 2 aliphatic rings. The predicted molar refractivity (Wildman–Crippen MR) is 125 cm³/mol. The van der Waals surface area contributed by atoms with Gasteiger partial charge in [-0.25, -0.2) is 9.59 Å². The summed E-state index contributed by atoms with van der Waals surface area (Å²) in [6, 6.07) is 3.21.